The summed E-state index contributed by atoms with van der Waals surface area (Å²) in [5.74, 6) is -2.48. The number of nitrogens with zero attached hydrogens (tertiary/aromatic N) is 1. The molecular formula is C31H60NO5P. The van der Waals surface area contributed by atoms with Gasteiger partial charge in [0.15, 0.2) is 5.78 Å². The number of Topliss-reactive ketones (excluding diaryl/α,β-unsaturated/α-hetero) is 1. The van der Waals surface area contributed by atoms with Crippen LogP contribution in [0.2, 0.25) is 0 Å². The van der Waals surface area contributed by atoms with E-state index in [9.17, 15) is 24.6 Å². The first kappa shape index (κ1) is 37.0. The Labute approximate surface area is 236 Å². The van der Waals surface area contributed by atoms with E-state index in [-0.39, 0.29) is 12.8 Å². The Morgan fingerprint density at radius 3 is 1.21 bits per heavy atom. The zero-order valence-electron chi connectivity index (χ0n) is 24.8. The number of rotatable bonds is 28. The van der Waals surface area contributed by atoms with Gasteiger partial charge in [0.1, 0.15) is 0 Å². The molecule has 0 aromatic heterocycles. The van der Waals surface area contributed by atoms with Crippen LogP contribution in [0.3, 0.4) is 0 Å². The molecular weight excluding hydrogens is 497 g/mol. The maximum atomic E-state index is 13.0. The molecule has 2 atom stereocenters. The summed E-state index contributed by atoms with van der Waals surface area (Å²) < 4.78 is 0.909. The van der Waals surface area contributed by atoms with Crippen LogP contribution in [0.4, 0.5) is 0 Å². The summed E-state index contributed by atoms with van der Waals surface area (Å²) in [4.78, 5) is 37.8. The Morgan fingerprint density at radius 2 is 0.895 bits per heavy atom. The van der Waals surface area contributed by atoms with Gasteiger partial charge in [-0.3, -0.25) is 9.59 Å². The van der Waals surface area contributed by atoms with Crippen LogP contribution in [0.1, 0.15) is 168 Å². The summed E-state index contributed by atoms with van der Waals surface area (Å²) in [7, 11) is 2.11. The number of carbonyl (C=O) groups excluding carboxylic acids is 2. The van der Waals surface area contributed by atoms with Crippen LogP contribution >= 0.6 is 9.39 Å². The number of hydrogen-bond donors (Lipinski definition) is 2. The maximum Gasteiger partial charge on any atom is 0.340 e. The number of amides is 1. The van der Waals surface area contributed by atoms with Gasteiger partial charge in [-0.25, -0.2) is 4.79 Å². The van der Waals surface area contributed by atoms with Crippen molar-refractivity contribution in [2.24, 2.45) is 0 Å². The zero-order chi connectivity index (χ0) is 28.5. The van der Waals surface area contributed by atoms with Crippen molar-refractivity contribution in [3.63, 3.8) is 0 Å². The fraction of sp³-hybridized carbons (Fsp3) is 0.903. The molecule has 0 aliphatic heterocycles. The standard InChI is InChI=1S/C31H60NO5P/c1-3-5-7-9-11-13-15-17-19-21-23-25-28(34)31(27-33,30(36)37)32(38)29(35)26-24-22-20-18-16-14-12-10-8-6-4-2/h33H,3-27,38H2,1-2H3,(H,36,37). The van der Waals surface area contributed by atoms with Crippen molar-refractivity contribution in [1.29, 1.82) is 0 Å². The smallest absolute Gasteiger partial charge is 0.340 e. The molecule has 0 heterocycles. The van der Waals surface area contributed by atoms with E-state index in [1.807, 2.05) is 0 Å². The number of aliphatic hydroxyl groups excluding tert-OH is 1. The van der Waals surface area contributed by atoms with E-state index in [0.717, 1.165) is 43.2 Å². The van der Waals surface area contributed by atoms with E-state index in [4.69, 9.17) is 0 Å². The van der Waals surface area contributed by atoms with E-state index in [1.165, 1.54) is 89.9 Å². The predicted octanol–water partition coefficient (Wildman–Crippen LogP) is 8.39. The summed E-state index contributed by atoms with van der Waals surface area (Å²) in [6, 6.07) is 0. The average molecular weight is 558 g/mol. The van der Waals surface area contributed by atoms with Gasteiger partial charge in [0, 0.05) is 12.8 Å². The third-order valence-corrected chi connectivity index (χ3v) is 8.45. The molecule has 0 spiro atoms. The first-order valence-corrected chi connectivity index (χ1v) is 16.3. The lowest BCUT2D eigenvalue weighted by atomic mass is 9.90. The van der Waals surface area contributed by atoms with Gasteiger partial charge in [-0.15, -0.1) is 0 Å². The van der Waals surface area contributed by atoms with Crippen LogP contribution in [0.5, 0.6) is 0 Å². The van der Waals surface area contributed by atoms with Crippen LogP contribution in [0.15, 0.2) is 0 Å². The molecule has 0 aliphatic rings. The summed E-state index contributed by atoms with van der Waals surface area (Å²) >= 11 is 0. The molecule has 2 unspecified atom stereocenters. The van der Waals surface area contributed by atoms with Crippen LogP contribution in [0, 0.1) is 0 Å². The summed E-state index contributed by atoms with van der Waals surface area (Å²) in [6.07, 6.45) is 25.6. The second-order valence-electron chi connectivity index (χ2n) is 11.1. The van der Waals surface area contributed by atoms with Crippen molar-refractivity contribution in [3.8, 4) is 0 Å². The van der Waals surface area contributed by atoms with Crippen molar-refractivity contribution < 1.29 is 24.6 Å². The third kappa shape index (κ3) is 16.2. The molecule has 6 nitrogen and oxygen atoms in total. The lowest BCUT2D eigenvalue weighted by Crippen LogP contribution is -2.60. The molecule has 2 N–H and O–H groups in total. The Morgan fingerprint density at radius 1 is 0.579 bits per heavy atom. The first-order chi connectivity index (χ1) is 18.4. The van der Waals surface area contributed by atoms with Gasteiger partial charge in [0.05, 0.1) is 6.61 Å². The van der Waals surface area contributed by atoms with Crippen LogP contribution in [-0.4, -0.2) is 44.7 Å². The van der Waals surface area contributed by atoms with Gasteiger partial charge >= 0.3 is 5.97 Å². The number of unbranched alkanes of at least 4 members (excludes halogenated alkanes) is 20. The highest BCUT2D eigenvalue weighted by Crippen LogP contribution is 2.26. The third-order valence-electron chi connectivity index (χ3n) is 7.73. The molecule has 0 aromatic carbocycles. The molecule has 0 rings (SSSR count). The van der Waals surface area contributed by atoms with E-state index in [2.05, 4.69) is 23.2 Å². The fourth-order valence-corrected chi connectivity index (χ4v) is 5.48. The number of carboxylic acids is 1. The van der Waals surface area contributed by atoms with Crippen molar-refractivity contribution in [2.45, 2.75) is 173 Å². The van der Waals surface area contributed by atoms with E-state index in [0.29, 0.717) is 12.8 Å². The topological polar surface area (TPSA) is 94.9 Å². The molecule has 7 heteroatoms. The van der Waals surface area contributed by atoms with E-state index in [1.54, 1.807) is 0 Å². The van der Waals surface area contributed by atoms with Gasteiger partial charge in [-0.2, -0.15) is 0 Å². The van der Waals surface area contributed by atoms with Gasteiger partial charge in [0.25, 0.3) is 0 Å². The van der Waals surface area contributed by atoms with Gasteiger partial charge in [-0.1, -0.05) is 142 Å². The van der Waals surface area contributed by atoms with Crippen molar-refractivity contribution in [1.82, 2.24) is 4.67 Å². The molecule has 0 saturated carbocycles. The average Bonchev–Trinajstić information content (AvgIpc) is 2.90. The highest BCUT2D eigenvalue weighted by Gasteiger charge is 2.50. The number of aliphatic carboxylic acids is 1. The summed E-state index contributed by atoms with van der Waals surface area (Å²) in [5.41, 5.74) is -2.21. The second-order valence-corrected chi connectivity index (χ2v) is 11.6. The number of carboxylic acid groups (broad SMARTS) is 1. The normalized spacial score (nSPS) is 12.8. The largest absolute Gasteiger partial charge is 0.479 e. The molecule has 224 valence electrons. The van der Waals surface area contributed by atoms with Crippen LogP contribution in [0.25, 0.3) is 0 Å². The van der Waals surface area contributed by atoms with Crippen LogP contribution in [-0.2, 0) is 14.4 Å². The van der Waals surface area contributed by atoms with Crippen molar-refractivity contribution in [2.75, 3.05) is 6.61 Å². The highest BCUT2D eigenvalue weighted by atomic mass is 31.0. The number of aliphatic hydroxyl groups is 1. The Balaban J connectivity index is 4.27. The summed E-state index contributed by atoms with van der Waals surface area (Å²) in [5, 5.41) is 19.8. The second kappa shape index (κ2) is 25.0. The summed E-state index contributed by atoms with van der Waals surface area (Å²) in [6.45, 7) is 3.54. The number of ketones is 1. The lowest BCUT2D eigenvalue weighted by molar-refractivity contribution is -0.161. The van der Waals surface area contributed by atoms with Gasteiger partial charge in [-0.05, 0) is 22.2 Å². The Bertz CT molecular complexity index is 615. The lowest BCUT2D eigenvalue weighted by Gasteiger charge is -2.35. The monoisotopic (exact) mass is 557 g/mol. The highest BCUT2D eigenvalue weighted by molar-refractivity contribution is 7.15. The van der Waals surface area contributed by atoms with E-state index < -0.39 is 29.8 Å². The van der Waals surface area contributed by atoms with Gasteiger partial charge in [0.2, 0.25) is 11.4 Å². The van der Waals surface area contributed by atoms with E-state index >= 15 is 0 Å². The molecule has 38 heavy (non-hydrogen) atoms. The molecule has 0 bridgehead atoms. The Hall–Kier alpha value is -1.00. The fourth-order valence-electron chi connectivity index (χ4n) is 5.02. The molecule has 0 aliphatic carbocycles. The molecule has 0 aromatic rings. The van der Waals surface area contributed by atoms with Crippen molar-refractivity contribution >= 4 is 27.1 Å². The number of carbonyl (C=O) groups is 3. The minimum atomic E-state index is -2.21. The van der Waals surface area contributed by atoms with Gasteiger partial charge < -0.3 is 14.9 Å². The van der Waals surface area contributed by atoms with Crippen LogP contribution < -0.4 is 0 Å². The predicted molar refractivity (Wildman–Crippen MR) is 161 cm³/mol. The minimum Gasteiger partial charge on any atom is -0.479 e. The first-order valence-electron chi connectivity index (χ1n) is 15.8. The zero-order valence-corrected chi connectivity index (χ0v) is 26.0. The molecule has 1 amide bonds. The maximum absolute atomic E-state index is 13.0. The molecule has 0 radical (unpaired) electrons. The quantitative estimate of drug-likeness (QED) is 0.0572. The van der Waals surface area contributed by atoms with Crippen molar-refractivity contribution in [3.05, 3.63) is 0 Å². The molecule has 0 fully saturated rings. The Kier molecular flexibility index (Phi) is 24.3. The SMILES string of the molecule is CCCCCCCCCCCCCC(=O)N(P)C(CO)(C(=O)O)C(=O)CCCCCCCCCCCCC. The minimum absolute atomic E-state index is 0.0561. The molecule has 0 saturated heterocycles. The number of hydrogen-bond acceptors (Lipinski definition) is 4.